The molecule has 0 saturated carbocycles. The van der Waals surface area contributed by atoms with Crippen LogP contribution in [0.4, 0.5) is 0 Å². The largest absolute Gasteiger partial charge is 0.497 e. The SMILES string of the molecule is CC[C@@H](c1ccc(OC)cc1)[C@@H](CC)c1ccccn1. The van der Waals surface area contributed by atoms with Gasteiger partial charge in [0, 0.05) is 17.8 Å². The first-order valence-corrected chi connectivity index (χ1v) is 7.35. The molecule has 0 bridgehead atoms. The summed E-state index contributed by atoms with van der Waals surface area (Å²) in [6, 6.07) is 14.6. The van der Waals surface area contributed by atoms with E-state index in [4.69, 9.17) is 4.74 Å². The number of benzene rings is 1. The molecular formula is C18H23NO. The number of ether oxygens (including phenoxy) is 1. The summed E-state index contributed by atoms with van der Waals surface area (Å²) in [4.78, 5) is 4.55. The fourth-order valence-electron chi connectivity index (χ4n) is 2.90. The number of pyridine rings is 1. The van der Waals surface area contributed by atoms with Gasteiger partial charge in [-0.1, -0.05) is 32.0 Å². The number of hydrogen-bond acceptors (Lipinski definition) is 2. The summed E-state index contributed by atoms with van der Waals surface area (Å²) in [5.74, 6) is 1.88. The summed E-state index contributed by atoms with van der Waals surface area (Å²) < 4.78 is 5.24. The fourth-order valence-corrected chi connectivity index (χ4v) is 2.90. The van der Waals surface area contributed by atoms with Gasteiger partial charge in [-0.2, -0.15) is 0 Å². The first-order valence-electron chi connectivity index (χ1n) is 7.35. The topological polar surface area (TPSA) is 22.1 Å². The second kappa shape index (κ2) is 7.09. The van der Waals surface area contributed by atoms with Crippen molar-refractivity contribution in [2.45, 2.75) is 38.5 Å². The Kier molecular flexibility index (Phi) is 5.16. The molecule has 0 aliphatic carbocycles. The second-order valence-corrected chi connectivity index (χ2v) is 5.06. The van der Waals surface area contributed by atoms with E-state index in [1.807, 2.05) is 24.4 Å². The highest BCUT2D eigenvalue weighted by Gasteiger charge is 2.22. The Morgan fingerprint density at radius 2 is 1.65 bits per heavy atom. The molecule has 2 nitrogen and oxygen atoms in total. The lowest BCUT2D eigenvalue weighted by Crippen LogP contribution is -2.11. The molecular weight excluding hydrogens is 246 g/mol. The van der Waals surface area contributed by atoms with Crippen LogP contribution in [0.2, 0.25) is 0 Å². The maximum Gasteiger partial charge on any atom is 0.118 e. The normalized spacial score (nSPS) is 13.8. The monoisotopic (exact) mass is 269 g/mol. The van der Waals surface area contributed by atoms with E-state index in [2.05, 4.69) is 43.1 Å². The van der Waals surface area contributed by atoms with Gasteiger partial charge in [-0.05, 0) is 48.6 Å². The molecule has 1 aromatic carbocycles. The molecule has 0 aliphatic heterocycles. The molecule has 2 aromatic rings. The van der Waals surface area contributed by atoms with Crippen LogP contribution in [0.15, 0.2) is 48.7 Å². The van der Waals surface area contributed by atoms with Crippen molar-refractivity contribution in [3.63, 3.8) is 0 Å². The first-order chi connectivity index (χ1) is 9.80. The summed E-state index contributed by atoms with van der Waals surface area (Å²) in [7, 11) is 1.70. The van der Waals surface area contributed by atoms with Gasteiger partial charge in [-0.3, -0.25) is 4.98 Å². The summed E-state index contributed by atoms with van der Waals surface area (Å²) in [6.07, 6.45) is 4.10. The number of methoxy groups -OCH3 is 1. The zero-order valence-corrected chi connectivity index (χ0v) is 12.5. The van der Waals surface area contributed by atoms with Crippen molar-refractivity contribution < 1.29 is 4.74 Å². The molecule has 0 spiro atoms. The minimum atomic E-state index is 0.467. The van der Waals surface area contributed by atoms with Gasteiger partial charge in [0.2, 0.25) is 0 Å². The minimum absolute atomic E-state index is 0.467. The first kappa shape index (κ1) is 14.6. The van der Waals surface area contributed by atoms with Gasteiger partial charge < -0.3 is 4.74 Å². The molecule has 0 radical (unpaired) electrons. The lowest BCUT2D eigenvalue weighted by atomic mass is 9.80. The molecule has 2 atom stereocenters. The third kappa shape index (κ3) is 3.19. The summed E-state index contributed by atoms with van der Waals surface area (Å²) in [5, 5.41) is 0. The molecule has 1 aromatic heterocycles. The summed E-state index contributed by atoms with van der Waals surface area (Å²) in [5.41, 5.74) is 2.56. The molecule has 1 heterocycles. The van der Waals surface area contributed by atoms with Crippen molar-refractivity contribution in [1.82, 2.24) is 4.98 Å². The smallest absolute Gasteiger partial charge is 0.118 e. The highest BCUT2D eigenvalue weighted by atomic mass is 16.5. The van der Waals surface area contributed by atoms with Crippen LogP contribution in [0.5, 0.6) is 5.75 Å². The van der Waals surface area contributed by atoms with Crippen molar-refractivity contribution >= 4 is 0 Å². The van der Waals surface area contributed by atoms with Crippen molar-refractivity contribution in [2.75, 3.05) is 7.11 Å². The standard InChI is InChI=1S/C18H23NO/c1-4-16(14-9-11-15(20-3)12-10-14)17(5-2)18-8-6-7-13-19-18/h6-13,16-17H,4-5H2,1-3H3/t16-,17+/m0/s1. The molecule has 0 N–H and O–H groups in total. The predicted molar refractivity (Wildman–Crippen MR) is 83.3 cm³/mol. The molecule has 0 aliphatic rings. The van der Waals surface area contributed by atoms with Crippen molar-refractivity contribution in [3.05, 3.63) is 59.9 Å². The number of nitrogens with zero attached hydrogens (tertiary/aromatic N) is 1. The van der Waals surface area contributed by atoms with E-state index in [-0.39, 0.29) is 0 Å². The molecule has 0 amide bonds. The molecule has 20 heavy (non-hydrogen) atoms. The van der Waals surface area contributed by atoms with Crippen LogP contribution >= 0.6 is 0 Å². The Morgan fingerprint density at radius 3 is 2.15 bits per heavy atom. The third-order valence-corrected chi connectivity index (χ3v) is 3.98. The highest BCUT2D eigenvalue weighted by molar-refractivity contribution is 5.31. The molecule has 0 unspecified atom stereocenters. The number of rotatable bonds is 6. The van der Waals surface area contributed by atoms with E-state index in [0.29, 0.717) is 11.8 Å². The second-order valence-electron chi connectivity index (χ2n) is 5.06. The van der Waals surface area contributed by atoms with Gasteiger partial charge in [0.25, 0.3) is 0 Å². The van der Waals surface area contributed by atoms with Gasteiger partial charge in [0.1, 0.15) is 5.75 Å². The quantitative estimate of drug-likeness (QED) is 0.753. The fraction of sp³-hybridized carbons (Fsp3) is 0.389. The van der Waals surface area contributed by atoms with E-state index in [1.54, 1.807) is 7.11 Å². The average Bonchev–Trinajstić information content (AvgIpc) is 2.53. The van der Waals surface area contributed by atoms with Crippen LogP contribution in [0, 0.1) is 0 Å². The molecule has 2 heteroatoms. The lowest BCUT2D eigenvalue weighted by Gasteiger charge is -2.25. The van der Waals surface area contributed by atoms with Crippen LogP contribution in [-0.2, 0) is 0 Å². The number of hydrogen-bond donors (Lipinski definition) is 0. The van der Waals surface area contributed by atoms with Crippen LogP contribution in [0.3, 0.4) is 0 Å². The van der Waals surface area contributed by atoms with Crippen LogP contribution in [-0.4, -0.2) is 12.1 Å². The van der Waals surface area contributed by atoms with E-state index >= 15 is 0 Å². The Morgan fingerprint density at radius 1 is 0.950 bits per heavy atom. The van der Waals surface area contributed by atoms with E-state index < -0.39 is 0 Å². The molecule has 2 rings (SSSR count). The maximum atomic E-state index is 5.24. The lowest BCUT2D eigenvalue weighted by molar-refractivity contribution is 0.414. The summed E-state index contributed by atoms with van der Waals surface area (Å²) in [6.45, 7) is 4.49. The molecule has 106 valence electrons. The zero-order chi connectivity index (χ0) is 14.4. The molecule has 0 saturated heterocycles. The van der Waals surface area contributed by atoms with E-state index in [9.17, 15) is 0 Å². The van der Waals surface area contributed by atoms with Crippen LogP contribution < -0.4 is 4.74 Å². The minimum Gasteiger partial charge on any atom is -0.497 e. The van der Waals surface area contributed by atoms with Gasteiger partial charge in [0.15, 0.2) is 0 Å². The van der Waals surface area contributed by atoms with Gasteiger partial charge in [-0.15, -0.1) is 0 Å². The van der Waals surface area contributed by atoms with Gasteiger partial charge in [-0.25, -0.2) is 0 Å². The Hall–Kier alpha value is -1.83. The summed E-state index contributed by atoms with van der Waals surface area (Å²) >= 11 is 0. The highest BCUT2D eigenvalue weighted by Crippen LogP contribution is 2.37. The van der Waals surface area contributed by atoms with Crippen molar-refractivity contribution in [2.24, 2.45) is 0 Å². The number of aromatic nitrogens is 1. The predicted octanol–water partition coefficient (Wildman–Crippen LogP) is 4.78. The third-order valence-electron chi connectivity index (χ3n) is 3.98. The van der Waals surface area contributed by atoms with E-state index in [0.717, 1.165) is 18.6 Å². The van der Waals surface area contributed by atoms with E-state index in [1.165, 1.54) is 11.3 Å². The van der Waals surface area contributed by atoms with Crippen LogP contribution in [0.1, 0.15) is 49.8 Å². The molecule has 0 fully saturated rings. The van der Waals surface area contributed by atoms with Gasteiger partial charge in [0.05, 0.1) is 7.11 Å². The van der Waals surface area contributed by atoms with Crippen molar-refractivity contribution in [1.29, 1.82) is 0 Å². The van der Waals surface area contributed by atoms with Crippen molar-refractivity contribution in [3.8, 4) is 5.75 Å². The van der Waals surface area contributed by atoms with Gasteiger partial charge >= 0.3 is 0 Å². The maximum absolute atomic E-state index is 5.24. The Labute approximate surface area is 121 Å². The van der Waals surface area contributed by atoms with Crippen LogP contribution in [0.25, 0.3) is 0 Å². The Balaban J connectivity index is 2.29. The Bertz CT molecular complexity index is 507. The average molecular weight is 269 g/mol. The zero-order valence-electron chi connectivity index (χ0n) is 12.5.